The molecule has 5 atom stereocenters. The van der Waals surface area contributed by atoms with Crippen LogP contribution in [0.5, 0.6) is 0 Å². The van der Waals surface area contributed by atoms with E-state index >= 15 is 0 Å². The molecule has 0 aromatic carbocycles. The zero-order chi connectivity index (χ0) is 20.8. The first-order valence-corrected chi connectivity index (χ1v) is 14.2. The second-order valence-electron chi connectivity index (χ2n) is 12.4. The van der Waals surface area contributed by atoms with Crippen LogP contribution in [0.1, 0.15) is 93.9 Å². The van der Waals surface area contributed by atoms with Crippen molar-refractivity contribution in [2.45, 2.75) is 118 Å². The zero-order valence-corrected chi connectivity index (χ0v) is 20.9. The molecule has 0 saturated heterocycles. The molecule has 0 spiro atoms. The fourth-order valence-electron chi connectivity index (χ4n) is 5.64. The van der Waals surface area contributed by atoms with Crippen molar-refractivity contribution in [1.82, 2.24) is 0 Å². The molecule has 3 aliphatic carbocycles. The summed E-state index contributed by atoms with van der Waals surface area (Å²) in [6, 6.07) is 0. The van der Waals surface area contributed by atoms with Gasteiger partial charge in [0.1, 0.15) is 5.78 Å². The van der Waals surface area contributed by atoms with Gasteiger partial charge in [0.15, 0.2) is 8.32 Å². The molecule has 0 heterocycles. The van der Waals surface area contributed by atoms with Crippen LogP contribution in [0, 0.1) is 28.6 Å². The van der Waals surface area contributed by atoms with Crippen LogP contribution in [-0.4, -0.2) is 20.2 Å². The lowest BCUT2D eigenvalue weighted by atomic mass is 9.39. The van der Waals surface area contributed by atoms with Gasteiger partial charge in [-0.2, -0.15) is 0 Å². The third-order valence-corrected chi connectivity index (χ3v) is 13.3. The summed E-state index contributed by atoms with van der Waals surface area (Å²) in [6.45, 7) is 23.4. The Bertz CT molecular complexity index is 545. The maximum Gasteiger partial charge on any atom is 0.192 e. The van der Waals surface area contributed by atoms with Gasteiger partial charge in [-0.3, -0.25) is 0 Å². The van der Waals surface area contributed by atoms with Crippen LogP contribution in [0.2, 0.25) is 18.1 Å². The highest BCUT2D eigenvalue weighted by atomic mass is 28.4. The Labute approximate surface area is 170 Å². The van der Waals surface area contributed by atoms with Crippen molar-refractivity contribution in [3.8, 4) is 0 Å². The summed E-state index contributed by atoms with van der Waals surface area (Å²) in [5.41, 5.74) is 0.790. The zero-order valence-electron chi connectivity index (χ0n) is 19.9. The number of hydrogen-bond acceptors (Lipinski definition) is 2. The van der Waals surface area contributed by atoms with E-state index < -0.39 is 8.32 Å². The molecule has 0 aromatic rings. The van der Waals surface area contributed by atoms with Crippen molar-refractivity contribution >= 4 is 14.1 Å². The van der Waals surface area contributed by atoms with E-state index in [1.807, 2.05) is 0 Å². The van der Waals surface area contributed by atoms with Gasteiger partial charge in [-0.05, 0) is 79.3 Å². The van der Waals surface area contributed by atoms with E-state index in [9.17, 15) is 4.79 Å². The Kier molecular flexibility index (Phi) is 6.50. The van der Waals surface area contributed by atoms with E-state index in [1.54, 1.807) is 6.92 Å². The maximum atomic E-state index is 11.3. The summed E-state index contributed by atoms with van der Waals surface area (Å²) in [7, 11) is -1.74. The molecule has 3 rings (SSSR count). The Balaban J connectivity index is 2.08. The lowest BCUT2D eigenvalue weighted by Crippen LogP contribution is -2.64. The second-order valence-corrected chi connectivity index (χ2v) is 17.1. The SMILES string of the molecule is CC(=O)CC[C@H](C)CC[C@@]1(C)C[C@H](O[Si](C)(C)C(C)(C)C)[C@H]2C[C@@H]1C2(C)C. The van der Waals surface area contributed by atoms with E-state index in [1.165, 1.54) is 25.7 Å². The minimum absolute atomic E-state index is 0.273. The third-order valence-electron chi connectivity index (χ3n) is 8.75. The quantitative estimate of drug-likeness (QED) is 0.406. The van der Waals surface area contributed by atoms with Gasteiger partial charge in [0.2, 0.25) is 0 Å². The van der Waals surface area contributed by atoms with Crippen molar-refractivity contribution in [1.29, 1.82) is 0 Å². The molecule has 27 heavy (non-hydrogen) atoms. The molecule has 0 amide bonds. The van der Waals surface area contributed by atoms with Gasteiger partial charge in [-0.25, -0.2) is 0 Å². The summed E-state index contributed by atoms with van der Waals surface area (Å²) in [5, 5.41) is 0.273. The normalized spacial score (nSPS) is 34.1. The fraction of sp³-hybridized carbons (Fsp3) is 0.958. The number of hydrogen-bond donors (Lipinski definition) is 0. The minimum Gasteiger partial charge on any atom is -0.414 e. The average molecular weight is 395 g/mol. The fourth-order valence-corrected chi connectivity index (χ4v) is 7.00. The van der Waals surface area contributed by atoms with Gasteiger partial charge < -0.3 is 9.22 Å². The first-order chi connectivity index (χ1) is 12.1. The molecule has 3 heteroatoms. The van der Waals surface area contributed by atoms with E-state index in [2.05, 4.69) is 61.6 Å². The smallest absolute Gasteiger partial charge is 0.192 e. The molecule has 0 N–H and O–H groups in total. The Hall–Kier alpha value is -0.153. The van der Waals surface area contributed by atoms with Crippen molar-refractivity contribution in [2.75, 3.05) is 0 Å². The van der Waals surface area contributed by atoms with Crippen molar-refractivity contribution in [3.05, 3.63) is 0 Å². The first kappa shape index (κ1) is 23.1. The highest BCUT2D eigenvalue weighted by Gasteiger charge is 2.63. The van der Waals surface area contributed by atoms with Crippen LogP contribution >= 0.6 is 0 Å². The average Bonchev–Trinajstić information content (AvgIpc) is 2.48. The molecule has 0 radical (unpaired) electrons. The molecule has 0 aromatic heterocycles. The summed E-state index contributed by atoms with van der Waals surface area (Å²) >= 11 is 0. The number of Topliss-reactive ketones (excluding diaryl/α,β-unsaturated/α-hetero) is 1. The number of carbonyl (C=O) groups is 1. The Morgan fingerprint density at radius 3 is 2.26 bits per heavy atom. The summed E-state index contributed by atoms with van der Waals surface area (Å²) < 4.78 is 7.00. The Morgan fingerprint density at radius 2 is 1.78 bits per heavy atom. The predicted octanol–water partition coefficient (Wildman–Crippen LogP) is 7.23. The van der Waals surface area contributed by atoms with Gasteiger partial charge in [-0.1, -0.05) is 54.9 Å². The first-order valence-electron chi connectivity index (χ1n) is 11.3. The number of fused-ring (bicyclic) bond motifs is 2. The standard InChI is InChI=1S/C24H46O2Si/c1-17(11-12-18(2)25)13-14-24(8)16-20(19-15-21(24)23(19,6)7)26-27(9,10)22(3,4)5/h17,19-21H,11-16H2,1-10H3/t17-,19+,20-,21+,24-/m0/s1. The van der Waals surface area contributed by atoms with Crippen LogP contribution in [0.15, 0.2) is 0 Å². The van der Waals surface area contributed by atoms with Gasteiger partial charge in [0.25, 0.3) is 0 Å². The molecule has 0 unspecified atom stereocenters. The van der Waals surface area contributed by atoms with Gasteiger partial charge in [-0.15, -0.1) is 0 Å². The van der Waals surface area contributed by atoms with Crippen LogP contribution in [0.3, 0.4) is 0 Å². The van der Waals surface area contributed by atoms with Gasteiger partial charge >= 0.3 is 0 Å². The van der Waals surface area contributed by atoms with Crippen LogP contribution in [0.4, 0.5) is 0 Å². The van der Waals surface area contributed by atoms with Crippen molar-refractivity contribution in [2.24, 2.45) is 28.6 Å². The summed E-state index contributed by atoms with van der Waals surface area (Å²) in [4.78, 5) is 11.3. The van der Waals surface area contributed by atoms with Crippen molar-refractivity contribution in [3.63, 3.8) is 0 Å². The van der Waals surface area contributed by atoms with Crippen molar-refractivity contribution < 1.29 is 9.22 Å². The maximum absolute atomic E-state index is 11.3. The molecule has 3 saturated carbocycles. The molecular formula is C24H46O2Si. The highest BCUT2D eigenvalue weighted by Crippen LogP contribution is 2.68. The number of carbonyl (C=O) groups excluding carboxylic acids is 1. The molecular weight excluding hydrogens is 348 g/mol. The number of rotatable bonds is 8. The highest BCUT2D eigenvalue weighted by molar-refractivity contribution is 6.74. The summed E-state index contributed by atoms with van der Waals surface area (Å²) in [6.07, 6.45) is 7.33. The van der Waals surface area contributed by atoms with Gasteiger partial charge in [0, 0.05) is 12.5 Å². The lowest BCUT2D eigenvalue weighted by Gasteiger charge is -2.68. The lowest BCUT2D eigenvalue weighted by molar-refractivity contribution is -0.205. The summed E-state index contributed by atoms with van der Waals surface area (Å²) in [5.74, 6) is 2.54. The van der Waals surface area contributed by atoms with Crippen LogP contribution in [-0.2, 0) is 9.22 Å². The van der Waals surface area contributed by atoms with E-state index in [4.69, 9.17) is 4.43 Å². The Morgan fingerprint density at radius 1 is 1.19 bits per heavy atom. The third kappa shape index (κ3) is 4.71. The molecule has 2 bridgehead atoms. The molecule has 3 fully saturated rings. The van der Waals surface area contributed by atoms with Crippen LogP contribution in [0.25, 0.3) is 0 Å². The molecule has 3 aliphatic rings. The van der Waals surface area contributed by atoms with E-state index in [-0.39, 0.29) is 5.04 Å². The monoisotopic (exact) mass is 394 g/mol. The topological polar surface area (TPSA) is 26.3 Å². The minimum atomic E-state index is -1.74. The van der Waals surface area contributed by atoms with E-state index in [0.717, 1.165) is 24.7 Å². The molecule has 2 nitrogen and oxygen atoms in total. The van der Waals surface area contributed by atoms with Gasteiger partial charge in [0.05, 0.1) is 0 Å². The molecule has 0 aliphatic heterocycles. The molecule has 158 valence electrons. The van der Waals surface area contributed by atoms with Crippen LogP contribution < -0.4 is 0 Å². The second kappa shape index (κ2) is 7.59. The number of ketones is 1. The predicted molar refractivity (Wildman–Crippen MR) is 118 cm³/mol. The van der Waals surface area contributed by atoms with E-state index in [0.29, 0.717) is 28.6 Å². The largest absolute Gasteiger partial charge is 0.414 e.